The van der Waals surface area contributed by atoms with Gasteiger partial charge in [0.05, 0.1) is 5.56 Å². The van der Waals surface area contributed by atoms with E-state index < -0.39 is 11.7 Å². The van der Waals surface area contributed by atoms with Crippen molar-refractivity contribution in [3.05, 3.63) is 35.4 Å². The highest BCUT2D eigenvalue weighted by atomic mass is 19.4. The third-order valence-corrected chi connectivity index (χ3v) is 2.15. The molecule has 17 heavy (non-hydrogen) atoms. The number of halogens is 3. The van der Waals surface area contributed by atoms with Crippen LogP contribution in [-0.2, 0) is 6.18 Å². The molecule has 2 nitrogen and oxygen atoms in total. The standard InChI is InChI=1S/C12H15F3N2/c1-8(2)5-6-17-11-4-3-9(16)7-10(11)12(13,14)15/h3-5,7,17H,6,16H2,1-2H3. The van der Waals surface area contributed by atoms with E-state index >= 15 is 0 Å². The second kappa shape index (κ2) is 5.12. The molecule has 1 aromatic rings. The third kappa shape index (κ3) is 4.01. The van der Waals surface area contributed by atoms with E-state index in [1.54, 1.807) is 0 Å². The van der Waals surface area contributed by atoms with Gasteiger partial charge in [-0.25, -0.2) is 0 Å². The molecule has 0 heterocycles. The Morgan fingerprint density at radius 2 is 2.00 bits per heavy atom. The first-order valence-electron chi connectivity index (χ1n) is 5.14. The van der Waals surface area contributed by atoms with Crippen LogP contribution in [0.15, 0.2) is 29.8 Å². The Labute approximate surface area is 98.3 Å². The van der Waals surface area contributed by atoms with Gasteiger partial charge in [-0.05, 0) is 32.0 Å². The minimum absolute atomic E-state index is 0.0456. The lowest BCUT2D eigenvalue weighted by Crippen LogP contribution is -2.11. The molecule has 0 amide bonds. The molecule has 0 bridgehead atoms. The molecule has 0 aliphatic rings. The lowest BCUT2D eigenvalue weighted by Gasteiger charge is -2.14. The number of hydrogen-bond donors (Lipinski definition) is 2. The SMILES string of the molecule is CC(C)=CCNc1ccc(N)cc1C(F)(F)F. The normalized spacial score (nSPS) is 11.1. The quantitative estimate of drug-likeness (QED) is 0.629. The number of hydrogen-bond acceptors (Lipinski definition) is 2. The maximum atomic E-state index is 12.7. The predicted molar refractivity (Wildman–Crippen MR) is 63.8 cm³/mol. The molecular formula is C12H15F3N2. The van der Waals surface area contributed by atoms with Crippen LogP contribution >= 0.6 is 0 Å². The maximum Gasteiger partial charge on any atom is 0.418 e. The Morgan fingerprint density at radius 3 is 2.53 bits per heavy atom. The first-order chi connectivity index (χ1) is 7.80. The van der Waals surface area contributed by atoms with Crippen molar-refractivity contribution in [2.75, 3.05) is 17.6 Å². The Bertz CT molecular complexity index is 418. The van der Waals surface area contributed by atoms with Crippen molar-refractivity contribution in [1.82, 2.24) is 0 Å². The number of rotatable bonds is 3. The van der Waals surface area contributed by atoms with E-state index in [2.05, 4.69) is 5.32 Å². The second-order valence-electron chi connectivity index (χ2n) is 3.97. The van der Waals surface area contributed by atoms with Crippen LogP contribution in [0.4, 0.5) is 24.5 Å². The van der Waals surface area contributed by atoms with Gasteiger partial charge in [-0.2, -0.15) is 13.2 Å². The van der Waals surface area contributed by atoms with Crippen LogP contribution in [0.2, 0.25) is 0 Å². The average molecular weight is 244 g/mol. The zero-order chi connectivity index (χ0) is 13.1. The monoisotopic (exact) mass is 244 g/mol. The summed E-state index contributed by atoms with van der Waals surface area (Å²) in [6, 6.07) is 3.72. The van der Waals surface area contributed by atoms with Gasteiger partial charge in [-0.3, -0.25) is 0 Å². The first-order valence-corrected chi connectivity index (χ1v) is 5.14. The number of alkyl halides is 3. The molecular weight excluding hydrogens is 229 g/mol. The molecule has 94 valence electrons. The predicted octanol–water partition coefficient (Wildman–Crippen LogP) is 3.67. The fourth-order valence-electron chi connectivity index (χ4n) is 1.32. The highest BCUT2D eigenvalue weighted by molar-refractivity contribution is 5.59. The topological polar surface area (TPSA) is 38.0 Å². The van der Waals surface area contributed by atoms with Crippen LogP contribution in [0.5, 0.6) is 0 Å². The molecule has 0 aliphatic heterocycles. The molecule has 1 rings (SSSR count). The van der Waals surface area contributed by atoms with Gasteiger partial charge in [0.1, 0.15) is 0 Å². The fourth-order valence-corrected chi connectivity index (χ4v) is 1.32. The van der Waals surface area contributed by atoms with E-state index in [0.29, 0.717) is 6.54 Å². The first kappa shape index (κ1) is 13.4. The molecule has 3 N–H and O–H groups in total. The zero-order valence-corrected chi connectivity index (χ0v) is 9.73. The summed E-state index contributed by atoms with van der Waals surface area (Å²) in [7, 11) is 0. The van der Waals surface area contributed by atoms with Gasteiger partial charge in [0.2, 0.25) is 0 Å². The number of nitrogens with one attached hydrogen (secondary N) is 1. The Hall–Kier alpha value is -1.65. The third-order valence-electron chi connectivity index (χ3n) is 2.15. The van der Waals surface area contributed by atoms with Gasteiger partial charge >= 0.3 is 6.18 Å². The van der Waals surface area contributed by atoms with Gasteiger partial charge in [0.25, 0.3) is 0 Å². The molecule has 5 heteroatoms. The van der Waals surface area contributed by atoms with Gasteiger partial charge in [-0.1, -0.05) is 11.6 Å². The van der Waals surface area contributed by atoms with E-state index in [4.69, 9.17) is 5.73 Å². The summed E-state index contributed by atoms with van der Waals surface area (Å²) in [6.07, 6.45) is -2.58. The molecule has 0 spiro atoms. The van der Waals surface area contributed by atoms with E-state index in [0.717, 1.165) is 11.6 Å². The molecule has 0 radical (unpaired) electrons. The summed E-state index contributed by atoms with van der Waals surface area (Å²) in [6.45, 7) is 4.12. The van der Waals surface area contributed by atoms with E-state index in [1.165, 1.54) is 12.1 Å². The molecule has 0 fully saturated rings. The number of nitrogen functional groups attached to an aromatic ring is 1. The minimum Gasteiger partial charge on any atom is -0.399 e. The summed E-state index contributed by atoms with van der Waals surface area (Å²) >= 11 is 0. The van der Waals surface area contributed by atoms with E-state index in [9.17, 15) is 13.2 Å². The van der Waals surface area contributed by atoms with Gasteiger partial charge in [0.15, 0.2) is 0 Å². The lowest BCUT2D eigenvalue weighted by atomic mass is 10.1. The number of benzene rings is 1. The van der Waals surface area contributed by atoms with Gasteiger partial charge in [-0.15, -0.1) is 0 Å². The molecule has 0 saturated heterocycles. The molecule has 0 saturated carbocycles. The van der Waals surface area contributed by atoms with Crippen LogP contribution in [0, 0.1) is 0 Å². The summed E-state index contributed by atoms with van der Waals surface area (Å²) in [5.41, 5.74) is 5.82. The number of allylic oxidation sites excluding steroid dienone is 1. The van der Waals surface area contributed by atoms with Gasteiger partial charge < -0.3 is 11.1 Å². The summed E-state index contributed by atoms with van der Waals surface area (Å²) < 4.78 is 38.1. The van der Waals surface area contributed by atoms with Crippen LogP contribution in [-0.4, -0.2) is 6.54 Å². The van der Waals surface area contributed by atoms with Crippen molar-refractivity contribution in [2.24, 2.45) is 0 Å². The Balaban J connectivity index is 2.95. The average Bonchev–Trinajstić information content (AvgIpc) is 2.18. The maximum absolute atomic E-state index is 12.7. The van der Waals surface area contributed by atoms with Crippen LogP contribution < -0.4 is 11.1 Å². The minimum atomic E-state index is -4.40. The van der Waals surface area contributed by atoms with Gasteiger partial charge in [0, 0.05) is 17.9 Å². The molecule has 1 aromatic carbocycles. The molecule has 0 aliphatic carbocycles. The van der Waals surface area contributed by atoms with Crippen molar-refractivity contribution in [1.29, 1.82) is 0 Å². The van der Waals surface area contributed by atoms with Crippen LogP contribution in [0.25, 0.3) is 0 Å². The van der Waals surface area contributed by atoms with Crippen molar-refractivity contribution in [2.45, 2.75) is 20.0 Å². The summed E-state index contributed by atoms with van der Waals surface area (Å²) in [5.74, 6) is 0. The second-order valence-corrected chi connectivity index (χ2v) is 3.97. The molecule has 0 aromatic heterocycles. The number of anilines is 2. The molecule has 0 unspecified atom stereocenters. The smallest absolute Gasteiger partial charge is 0.399 e. The Kier molecular flexibility index (Phi) is 4.04. The Morgan fingerprint density at radius 1 is 1.35 bits per heavy atom. The van der Waals surface area contributed by atoms with Crippen molar-refractivity contribution in [3.8, 4) is 0 Å². The highest BCUT2D eigenvalue weighted by Crippen LogP contribution is 2.35. The zero-order valence-electron chi connectivity index (χ0n) is 9.73. The molecule has 0 atom stereocenters. The van der Waals surface area contributed by atoms with Crippen molar-refractivity contribution < 1.29 is 13.2 Å². The van der Waals surface area contributed by atoms with Crippen molar-refractivity contribution in [3.63, 3.8) is 0 Å². The van der Waals surface area contributed by atoms with Crippen LogP contribution in [0.3, 0.4) is 0 Å². The summed E-state index contributed by atoms with van der Waals surface area (Å²) in [5, 5.41) is 2.73. The van der Waals surface area contributed by atoms with Crippen molar-refractivity contribution >= 4 is 11.4 Å². The fraction of sp³-hybridized carbons (Fsp3) is 0.333. The van der Waals surface area contributed by atoms with E-state index in [-0.39, 0.29) is 11.4 Å². The largest absolute Gasteiger partial charge is 0.418 e. The highest BCUT2D eigenvalue weighted by Gasteiger charge is 2.33. The number of nitrogens with two attached hydrogens (primary N) is 1. The van der Waals surface area contributed by atoms with Crippen LogP contribution in [0.1, 0.15) is 19.4 Å². The van der Waals surface area contributed by atoms with E-state index in [1.807, 2.05) is 19.9 Å². The summed E-state index contributed by atoms with van der Waals surface area (Å²) in [4.78, 5) is 0. The lowest BCUT2D eigenvalue weighted by molar-refractivity contribution is -0.136.